The van der Waals surface area contributed by atoms with Gasteiger partial charge in [0.25, 0.3) is 0 Å². The van der Waals surface area contributed by atoms with E-state index in [0.717, 1.165) is 28.9 Å². The van der Waals surface area contributed by atoms with E-state index in [-0.39, 0.29) is 42.4 Å². The molecule has 0 unspecified atom stereocenters. The summed E-state index contributed by atoms with van der Waals surface area (Å²) in [6.07, 6.45) is -3.54. The van der Waals surface area contributed by atoms with Crippen molar-refractivity contribution < 1.29 is 27.6 Å². The number of halogens is 3. The summed E-state index contributed by atoms with van der Waals surface area (Å²) in [5, 5.41) is 5.71. The second kappa shape index (κ2) is 8.29. The number of carbonyl (C=O) groups excluding carboxylic acids is 3. The number of carbonyl (C=O) groups is 3. The van der Waals surface area contributed by atoms with Gasteiger partial charge in [-0.15, -0.1) is 0 Å². The van der Waals surface area contributed by atoms with Crippen LogP contribution in [0.15, 0.2) is 42.5 Å². The third kappa shape index (κ3) is 4.46. The molecule has 2 N–H and O–H groups in total. The maximum absolute atomic E-state index is 13.0. The summed E-state index contributed by atoms with van der Waals surface area (Å²) in [6, 6.07) is 9.79. The quantitative estimate of drug-likeness (QED) is 0.751. The molecule has 4 rings (SSSR count). The van der Waals surface area contributed by atoms with Crippen LogP contribution in [0.3, 0.4) is 0 Å². The number of hydrogen-bond donors (Lipinski definition) is 2. The van der Waals surface area contributed by atoms with Crippen molar-refractivity contribution in [2.24, 2.45) is 5.92 Å². The highest BCUT2D eigenvalue weighted by atomic mass is 19.4. The molecule has 32 heavy (non-hydrogen) atoms. The van der Waals surface area contributed by atoms with Gasteiger partial charge in [-0.3, -0.25) is 14.4 Å². The molecule has 3 amide bonds. The molecule has 2 atom stereocenters. The number of alkyl halides is 3. The Morgan fingerprint density at radius 2 is 1.94 bits per heavy atom. The summed E-state index contributed by atoms with van der Waals surface area (Å²) in [4.78, 5) is 37.9. The van der Waals surface area contributed by atoms with Crippen LogP contribution in [0.5, 0.6) is 0 Å². The normalized spacial score (nSPS) is 19.4. The zero-order valence-corrected chi connectivity index (χ0v) is 17.3. The van der Waals surface area contributed by atoms with Crippen molar-refractivity contribution in [2.75, 3.05) is 16.8 Å². The minimum Gasteiger partial charge on any atom is -0.349 e. The predicted octanol–water partition coefficient (Wildman–Crippen LogP) is 3.82. The van der Waals surface area contributed by atoms with Gasteiger partial charge in [-0.1, -0.05) is 18.2 Å². The van der Waals surface area contributed by atoms with E-state index in [0.29, 0.717) is 12.8 Å². The highest BCUT2D eigenvalue weighted by Gasteiger charge is 2.37. The number of nitrogens with zero attached hydrogens (tertiary/aromatic N) is 1. The Morgan fingerprint density at radius 3 is 2.69 bits per heavy atom. The van der Waals surface area contributed by atoms with Crippen molar-refractivity contribution in [3.8, 4) is 0 Å². The van der Waals surface area contributed by atoms with Crippen molar-refractivity contribution >= 4 is 29.1 Å². The van der Waals surface area contributed by atoms with Crippen molar-refractivity contribution in [1.82, 2.24) is 5.32 Å². The van der Waals surface area contributed by atoms with E-state index in [2.05, 4.69) is 10.6 Å². The van der Waals surface area contributed by atoms with Gasteiger partial charge in [0.15, 0.2) is 0 Å². The Kier molecular flexibility index (Phi) is 5.66. The zero-order valence-electron chi connectivity index (χ0n) is 17.3. The van der Waals surface area contributed by atoms with Crippen LogP contribution in [0.1, 0.15) is 42.5 Å². The molecule has 2 aromatic carbocycles. The van der Waals surface area contributed by atoms with Gasteiger partial charge in [0, 0.05) is 30.8 Å². The SMILES string of the molecule is C[C@H](NC(=O)[C@H]1CC(=O)N(c2cccc(C(F)(F)F)c2)C1)c1ccc2c(c1)CCC(=O)N2. The Bertz CT molecular complexity index is 1080. The third-order valence-electron chi connectivity index (χ3n) is 5.86. The van der Waals surface area contributed by atoms with E-state index in [1.807, 2.05) is 19.1 Å². The van der Waals surface area contributed by atoms with Gasteiger partial charge >= 0.3 is 6.18 Å². The Balaban J connectivity index is 1.42. The average Bonchev–Trinajstić information content (AvgIpc) is 3.14. The molecular formula is C23H22F3N3O3. The molecule has 6 nitrogen and oxygen atoms in total. The molecule has 0 bridgehead atoms. The summed E-state index contributed by atoms with van der Waals surface area (Å²) in [6.45, 7) is 1.84. The monoisotopic (exact) mass is 445 g/mol. The Morgan fingerprint density at radius 1 is 1.16 bits per heavy atom. The second-order valence-corrected chi connectivity index (χ2v) is 8.15. The maximum atomic E-state index is 13.0. The van der Waals surface area contributed by atoms with E-state index in [1.165, 1.54) is 17.0 Å². The summed E-state index contributed by atoms with van der Waals surface area (Å²) in [7, 11) is 0. The Hall–Kier alpha value is -3.36. The predicted molar refractivity (Wildman–Crippen MR) is 112 cm³/mol. The van der Waals surface area contributed by atoms with Crippen molar-refractivity contribution in [3.05, 3.63) is 59.2 Å². The minimum atomic E-state index is -4.51. The first-order chi connectivity index (χ1) is 15.1. The lowest BCUT2D eigenvalue weighted by molar-refractivity contribution is -0.137. The topological polar surface area (TPSA) is 78.5 Å². The molecule has 0 radical (unpaired) electrons. The molecule has 2 aromatic rings. The van der Waals surface area contributed by atoms with Gasteiger partial charge < -0.3 is 15.5 Å². The molecule has 1 fully saturated rings. The molecule has 0 aromatic heterocycles. The van der Waals surface area contributed by atoms with Gasteiger partial charge in [-0.2, -0.15) is 13.2 Å². The largest absolute Gasteiger partial charge is 0.416 e. The van der Waals surface area contributed by atoms with Crippen molar-refractivity contribution in [2.45, 2.75) is 38.4 Å². The molecule has 9 heteroatoms. The number of nitrogens with one attached hydrogen (secondary N) is 2. The molecule has 1 saturated heterocycles. The summed E-state index contributed by atoms with van der Waals surface area (Å²) in [5.74, 6) is -1.40. The first-order valence-corrected chi connectivity index (χ1v) is 10.3. The number of amides is 3. The second-order valence-electron chi connectivity index (χ2n) is 8.15. The summed E-state index contributed by atoms with van der Waals surface area (Å²) in [5.41, 5.74) is 1.92. The lowest BCUT2D eigenvalue weighted by Crippen LogP contribution is -2.34. The lowest BCUT2D eigenvalue weighted by Gasteiger charge is -2.22. The maximum Gasteiger partial charge on any atom is 0.416 e. The number of anilines is 2. The van der Waals surface area contributed by atoms with Gasteiger partial charge in [0.05, 0.1) is 17.5 Å². The molecule has 0 spiro atoms. The fourth-order valence-corrected chi connectivity index (χ4v) is 4.07. The number of hydrogen-bond acceptors (Lipinski definition) is 3. The third-order valence-corrected chi connectivity index (χ3v) is 5.86. The average molecular weight is 445 g/mol. The molecule has 0 saturated carbocycles. The summed E-state index contributed by atoms with van der Waals surface area (Å²) >= 11 is 0. The van der Waals surface area contributed by atoms with Crippen LogP contribution in [-0.4, -0.2) is 24.3 Å². The van der Waals surface area contributed by atoms with E-state index in [4.69, 9.17) is 0 Å². The Labute approximate surface area is 182 Å². The van der Waals surface area contributed by atoms with Crippen molar-refractivity contribution in [3.63, 3.8) is 0 Å². The minimum absolute atomic E-state index is 0.0227. The smallest absolute Gasteiger partial charge is 0.349 e. The van der Waals surface area contributed by atoms with Crippen molar-refractivity contribution in [1.29, 1.82) is 0 Å². The molecule has 2 aliphatic heterocycles. The molecule has 2 heterocycles. The van der Waals surface area contributed by atoms with Crippen LogP contribution in [-0.2, 0) is 27.0 Å². The van der Waals surface area contributed by atoms with E-state index in [9.17, 15) is 27.6 Å². The van der Waals surface area contributed by atoms with Gasteiger partial charge in [0.2, 0.25) is 17.7 Å². The first kappa shape index (κ1) is 21.9. The molecule has 0 aliphatic carbocycles. The van der Waals surface area contributed by atoms with Crippen LogP contribution in [0.25, 0.3) is 0 Å². The van der Waals surface area contributed by atoms with Crippen LogP contribution >= 0.6 is 0 Å². The van der Waals surface area contributed by atoms with Crippen LogP contribution in [0, 0.1) is 5.92 Å². The number of rotatable bonds is 4. The number of benzene rings is 2. The standard InChI is InChI=1S/C23H22F3N3O3/c1-13(14-5-7-19-15(9-14)6-8-20(30)28-19)27-22(32)16-10-21(31)29(12-16)18-4-2-3-17(11-18)23(24,25)26/h2-5,7,9,11,13,16H,6,8,10,12H2,1H3,(H,27,32)(H,28,30)/t13-,16-/m0/s1. The molecular weight excluding hydrogens is 423 g/mol. The highest BCUT2D eigenvalue weighted by molar-refractivity contribution is 6.00. The lowest BCUT2D eigenvalue weighted by atomic mass is 9.97. The zero-order chi connectivity index (χ0) is 23.0. The summed E-state index contributed by atoms with van der Waals surface area (Å²) < 4.78 is 39.0. The van der Waals surface area contributed by atoms with E-state index < -0.39 is 17.7 Å². The number of aryl methyl sites for hydroxylation is 1. The van der Waals surface area contributed by atoms with Crippen LogP contribution in [0.4, 0.5) is 24.5 Å². The van der Waals surface area contributed by atoms with Gasteiger partial charge in [0.1, 0.15) is 0 Å². The van der Waals surface area contributed by atoms with Crippen LogP contribution < -0.4 is 15.5 Å². The fraction of sp³-hybridized carbons (Fsp3) is 0.348. The molecule has 2 aliphatic rings. The molecule has 168 valence electrons. The van der Waals surface area contributed by atoms with E-state index >= 15 is 0 Å². The van der Waals surface area contributed by atoms with Gasteiger partial charge in [-0.05, 0) is 48.7 Å². The highest BCUT2D eigenvalue weighted by Crippen LogP contribution is 2.34. The fourth-order valence-electron chi connectivity index (χ4n) is 4.07. The van der Waals surface area contributed by atoms with Gasteiger partial charge in [-0.25, -0.2) is 0 Å². The van der Waals surface area contributed by atoms with Crippen LogP contribution in [0.2, 0.25) is 0 Å². The van der Waals surface area contributed by atoms with E-state index in [1.54, 1.807) is 6.07 Å². The number of fused-ring (bicyclic) bond motifs is 1. The first-order valence-electron chi connectivity index (χ1n) is 10.3.